The second kappa shape index (κ2) is 8.82. The lowest BCUT2D eigenvalue weighted by Gasteiger charge is -2.32. The summed E-state index contributed by atoms with van der Waals surface area (Å²) < 4.78 is 5.07. The van der Waals surface area contributed by atoms with Crippen molar-refractivity contribution >= 4 is 35.0 Å². The largest absolute Gasteiger partial charge is 0.465 e. The number of nitro groups is 1. The number of nitrogens with one attached hydrogen (secondary N) is 1. The van der Waals surface area contributed by atoms with Gasteiger partial charge in [0.2, 0.25) is 5.91 Å². The molecule has 1 amide bonds. The standard InChI is InChI=1S/C16H21N3O5S/c1-3-24-16(21)14-10-25-8-7-18(14)9-15(20)17-12-5-4-6-13(11(12)2)19(22)23/h4-6,14H,3,7-10H2,1-2H3,(H,17,20). The highest BCUT2D eigenvalue weighted by molar-refractivity contribution is 7.99. The number of benzene rings is 1. The van der Waals surface area contributed by atoms with Crippen molar-refractivity contribution in [1.29, 1.82) is 0 Å². The molecule has 1 fully saturated rings. The van der Waals surface area contributed by atoms with Crippen molar-refractivity contribution in [3.05, 3.63) is 33.9 Å². The van der Waals surface area contributed by atoms with Crippen molar-refractivity contribution in [2.24, 2.45) is 0 Å². The summed E-state index contributed by atoms with van der Waals surface area (Å²) in [7, 11) is 0. The zero-order chi connectivity index (χ0) is 18.4. The summed E-state index contributed by atoms with van der Waals surface area (Å²) in [5.41, 5.74) is 0.756. The molecular weight excluding hydrogens is 346 g/mol. The van der Waals surface area contributed by atoms with Crippen LogP contribution in [0.2, 0.25) is 0 Å². The Labute approximate surface area is 150 Å². The topological polar surface area (TPSA) is 102 Å². The Kier molecular flexibility index (Phi) is 6.77. The number of nitrogens with zero attached hydrogens (tertiary/aromatic N) is 2. The monoisotopic (exact) mass is 367 g/mol. The van der Waals surface area contributed by atoms with Crippen LogP contribution in [-0.2, 0) is 14.3 Å². The maximum absolute atomic E-state index is 12.4. The normalized spacial score (nSPS) is 17.8. The van der Waals surface area contributed by atoms with E-state index < -0.39 is 11.0 Å². The Morgan fingerprint density at radius 1 is 1.48 bits per heavy atom. The number of ether oxygens (including phenoxy) is 1. The Morgan fingerprint density at radius 2 is 2.24 bits per heavy atom. The number of hydrogen-bond donors (Lipinski definition) is 1. The van der Waals surface area contributed by atoms with Crippen LogP contribution in [0.15, 0.2) is 18.2 Å². The van der Waals surface area contributed by atoms with Crippen LogP contribution in [0.1, 0.15) is 12.5 Å². The van der Waals surface area contributed by atoms with Gasteiger partial charge in [-0.3, -0.25) is 24.6 Å². The summed E-state index contributed by atoms with van der Waals surface area (Å²) >= 11 is 1.65. The molecule has 1 aliphatic heterocycles. The van der Waals surface area contributed by atoms with Crippen LogP contribution in [0.3, 0.4) is 0 Å². The highest BCUT2D eigenvalue weighted by atomic mass is 32.2. The average molecular weight is 367 g/mol. The maximum Gasteiger partial charge on any atom is 0.324 e. The quantitative estimate of drug-likeness (QED) is 0.465. The molecule has 1 saturated heterocycles. The van der Waals surface area contributed by atoms with Crippen LogP contribution in [0.5, 0.6) is 0 Å². The third-order valence-electron chi connectivity index (χ3n) is 3.92. The van der Waals surface area contributed by atoms with E-state index in [2.05, 4.69) is 5.32 Å². The zero-order valence-electron chi connectivity index (χ0n) is 14.2. The molecule has 1 N–H and O–H groups in total. The molecular formula is C16H21N3O5S. The summed E-state index contributed by atoms with van der Waals surface area (Å²) in [5, 5.41) is 13.7. The summed E-state index contributed by atoms with van der Waals surface area (Å²) in [4.78, 5) is 36.7. The van der Waals surface area contributed by atoms with Crippen molar-refractivity contribution in [2.45, 2.75) is 19.9 Å². The highest BCUT2D eigenvalue weighted by Gasteiger charge is 2.31. The van der Waals surface area contributed by atoms with E-state index in [0.29, 0.717) is 30.2 Å². The maximum atomic E-state index is 12.4. The number of hydrogen-bond acceptors (Lipinski definition) is 7. The smallest absolute Gasteiger partial charge is 0.324 e. The Bertz CT molecular complexity index is 667. The van der Waals surface area contributed by atoms with E-state index in [4.69, 9.17) is 4.74 Å². The Morgan fingerprint density at radius 3 is 2.92 bits per heavy atom. The Balaban J connectivity index is 2.05. The molecule has 1 aliphatic rings. The van der Waals surface area contributed by atoms with Gasteiger partial charge in [-0.2, -0.15) is 11.8 Å². The SMILES string of the molecule is CCOC(=O)C1CSCCN1CC(=O)Nc1cccc([N+](=O)[O-])c1C. The van der Waals surface area contributed by atoms with Gasteiger partial charge in [-0.05, 0) is 19.9 Å². The van der Waals surface area contributed by atoms with Gasteiger partial charge in [-0.15, -0.1) is 0 Å². The van der Waals surface area contributed by atoms with Crippen molar-refractivity contribution < 1.29 is 19.2 Å². The number of carbonyl (C=O) groups is 2. The van der Waals surface area contributed by atoms with E-state index in [-0.39, 0.29) is 24.1 Å². The average Bonchev–Trinajstić information content (AvgIpc) is 2.57. The van der Waals surface area contributed by atoms with Gasteiger partial charge < -0.3 is 10.1 Å². The van der Waals surface area contributed by atoms with E-state index in [0.717, 1.165) is 5.75 Å². The van der Waals surface area contributed by atoms with E-state index in [1.54, 1.807) is 36.6 Å². The van der Waals surface area contributed by atoms with Gasteiger partial charge in [0.1, 0.15) is 6.04 Å². The molecule has 136 valence electrons. The van der Waals surface area contributed by atoms with Crippen LogP contribution < -0.4 is 5.32 Å². The number of thioether (sulfide) groups is 1. The molecule has 2 rings (SSSR count). The van der Waals surface area contributed by atoms with Crippen LogP contribution in [0.25, 0.3) is 0 Å². The Hall–Kier alpha value is -2.13. The first kappa shape index (κ1) is 19.2. The molecule has 1 aromatic carbocycles. The van der Waals surface area contributed by atoms with Crippen LogP contribution in [0.4, 0.5) is 11.4 Å². The number of rotatable bonds is 6. The molecule has 0 radical (unpaired) electrons. The minimum Gasteiger partial charge on any atom is -0.465 e. The lowest BCUT2D eigenvalue weighted by molar-refractivity contribution is -0.385. The van der Waals surface area contributed by atoms with Gasteiger partial charge >= 0.3 is 5.97 Å². The number of anilines is 1. The first-order valence-electron chi connectivity index (χ1n) is 7.96. The fourth-order valence-electron chi connectivity index (χ4n) is 2.61. The molecule has 0 bridgehead atoms. The van der Waals surface area contributed by atoms with Crippen molar-refractivity contribution in [1.82, 2.24) is 4.90 Å². The minimum atomic E-state index is -0.483. The molecule has 0 aromatic heterocycles. The second-order valence-electron chi connectivity index (χ2n) is 5.57. The number of amides is 1. The summed E-state index contributed by atoms with van der Waals surface area (Å²) in [6, 6.07) is 4.09. The third kappa shape index (κ3) is 4.93. The van der Waals surface area contributed by atoms with E-state index >= 15 is 0 Å². The van der Waals surface area contributed by atoms with Gasteiger partial charge in [0.25, 0.3) is 5.69 Å². The minimum absolute atomic E-state index is 0.0339. The summed E-state index contributed by atoms with van der Waals surface area (Å²) in [6.45, 7) is 4.28. The van der Waals surface area contributed by atoms with Crippen LogP contribution >= 0.6 is 11.8 Å². The lowest BCUT2D eigenvalue weighted by Crippen LogP contribution is -2.50. The van der Waals surface area contributed by atoms with Gasteiger partial charge in [0, 0.05) is 24.1 Å². The fraction of sp³-hybridized carbons (Fsp3) is 0.500. The molecule has 9 heteroatoms. The van der Waals surface area contributed by atoms with Crippen molar-refractivity contribution in [3.8, 4) is 0 Å². The molecule has 8 nitrogen and oxygen atoms in total. The molecule has 1 heterocycles. The fourth-order valence-corrected chi connectivity index (χ4v) is 3.71. The molecule has 1 unspecified atom stereocenters. The predicted molar refractivity (Wildman–Crippen MR) is 95.8 cm³/mol. The van der Waals surface area contributed by atoms with E-state index in [9.17, 15) is 19.7 Å². The van der Waals surface area contributed by atoms with Gasteiger partial charge in [-0.25, -0.2) is 0 Å². The van der Waals surface area contributed by atoms with E-state index in [1.165, 1.54) is 12.1 Å². The van der Waals surface area contributed by atoms with Crippen LogP contribution in [-0.4, -0.2) is 58.9 Å². The molecule has 0 saturated carbocycles. The first-order valence-corrected chi connectivity index (χ1v) is 9.11. The van der Waals surface area contributed by atoms with Gasteiger partial charge in [0.15, 0.2) is 0 Å². The summed E-state index contributed by atoms with van der Waals surface area (Å²) in [6.07, 6.45) is 0. The molecule has 1 atom stereocenters. The zero-order valence-corrected chi connectivity index (χ0v) is 15.0. The number of esters is 1. The molecule has 0 aliphatic carbocycles. The van der Waals surface area contributed by atoms with Gasteiger partial charge in [0.05, 0.1) is 29.3 Å². The number of carbonyl (C=O) groups excluding carboxylic acids is 2. The third-order valence-corrected chi connectivity index (χ3v) is 4.94. The van der Waals surface area contributed by atoms with Crippen LogP contribution in [0, 0.1) is 17.0 Å². The van der Waals surface area contributed by atoms with Gasteiger partial charge in [-0.1, -0.05) is 6.07 Å². The van der Waals surface area contributed by atoms with E-state index in [1.807, 2.05) is 0 Å². The second-order valence-corrected chi connectivity index (χ2v) is 6.72. The highest BCUT2D eigenvalue weighted by Crippen LogP contribution is 2.25. The lowest BCUT2D eigenvalue weighted by atomic mass is 10.1. The van der Waals surface area contributed by atoms with Crippen molar-refractivity contribution in [2.75, 3.05) is 36.5 Å². The first-order chi connectivity index (χ1) is 11.9. The molecule has 0 spiro atoms. The number of nitro benzene ring substituents is 1. The van der Waals surface area contributed by atoms with Crippen molar-refractivity contribution in [3.63, 3.8) is 0 Å². The molecule has 25 heavy (non-hydrogen) atoms. The summed E-state index contributed by atoms with van der Waals surface area (Å²) in [5.74, 6) is 0.778. The molecule has 1 aromatic rings. The predicted octanol–water partition coefficient (Wildman–Crippen LogP) is 1.82.